The van der Waals surface area contributed by atoms with Gasteiger partial charge in [0.1, 0.15) is 0 Å². The van der Waals surface area contributed by atoms with Crippen molar-refractivity contribution in [1.29, 1.82) is 0 Å². The zero-order chi connectivity index (χ0) is 10.5. The standard InChI is InChI=1S/C14H28.Ag/c1-3-5-7-9-11-13-14-12-10-8-6-4-2;/h3H,1,4-14H2,2H3;. The molecular formula is C14H28Ag. The average Bonchev–Trinajstić information content (AvgIpc) is 2.21. The Hall–Kier alpha value is 0.480. The largest absolute Gasteiger partial charge is 0.103 e. The van der Waals surface area contributed by atoms with Gasteiger partial charge in [0.15, 0.2) is 0 Å². The Kier molecular flexibility index (Phi) is 20.1. The summed E-state index contributed by atoms with van der Waals surface area (Å²) in [6.07, 6.45) is 17.5. The number of rotatable bonds is 11. The molecule has 0 amide bonds. The number of allylic oxidation sites excluding steroid dienone is 1. The molecule has 15 heavy (non-hydrogen) atoms. The summed E-state index contributed by atoms with van der Waals surface area (Å²) >= 11 is 0. The van der Waals surface area contributed by atoms with Crippen LogP contribution in [0.2, 0.25) is 0 Å². The minimum atomic E-state index is 0. The molecule has 1 heteroatoms. The molecule has 1 radical (unpaired) electrons. The van der Waals surface area contributed by atoms with Gasteiger partial charge in [0.05, 0.1) is 0 Å². The van der Waals surface area contributed by atoms with Crippen LogP contribution in [-0.2, 0) is 22.4 Å². The van der Waals surface area contributed by atoms with Crippen LogP contribution in [0.1, 0.15) is 77.6 Å². The minimum absolute atomic E-state index is 0. The second-order valence-corrected chi connectivity index (χ2v) is 4.26. The van der Waals surface area contributed by atoms with E-state index in [9.17, 15) is 0 Å². The third-order valence-electron chi connectivity index (χ3n) is 2.76. The van der Waals surface area contributed by atoms with E-state index in [0.717, 1.165) is 0 Å². The maximum atomic E-state index is 3.74. The van der Waals surface area contributed by atoms with Gasteiger partial charge in [0.2, 0.25) is 0 Å². The monoisotopic (exact) mass is 303 g/mol. The van der Waals surface area contributed by atoms with Crippen LogP contribution in [-0.4, -0.2) is 0 Å². The molecule has 0 aromatic rings. The summed E-state index contributed by atoms with van der Waals surface area (Å²) in [5.41, 5.74) is 0. The molecule has 0 bridgehead atoms. The van der Waals surface area contributed by atoms with E-state index in [2.05, 4.69) is 13.5 Å². The molecule has 0 atom stereocenters. The Bertz CT molecular complexity index is 110. The maximum Gasteiger partial charge on any atom is 0 e. The predicted molar refractivity (Wildman–Crippen MR) is 66.7 cm³/mol. The molecule has 0 N–H and O–H groups in total. The van der Waals surface area contributed by atoms with Gasteiger partial charge in [-0.3, -0.25) is 0 Å². The second-order valence-electron chi connectivity index (χ2n) is 4.26. The van der Waals surface area contributed by atoms with Crippen LogP contribution in [0.5, 0.6) is 0 Å². The van der Waals surface area contributed by atoms with Crippen molar-refractivity contribution in [2.24, 2.45) is 0 Å². The van der Waals surface area contributed by atoms with Gasteiger partial charge in [-0.1, -0.05) is 70.8 Å². The van der Waals surface area contributed by atoms with Crippen LogP contribution in [0.15, 0.2) is 12.7 Å². The smallest absolute Gasteiger partial charge is 0 e. The molecule has 0 saturated carbocycles. The maximum absolute atomic E-state index is 3.74. The zero-order valence-electron chi connectivity index (χ0n) is 10.4. The summed E-state index contributed by atoms with van der Waals surface area (Å²) < 4.78 is 0. The Labute approximate surface area is 112 Å². The summed E-state index contributed by atoms with van der Waals surface area (Å²) in [7, 11) is 0. The van der Waals surface area contributed by atoms with Crippen LogP contribution in [0.25, 0.3) is 0 Å². The Morgan fingerprint density at radius 3 is 1.53 bits per heavy atom. The van der Waals surface area contributed by atoms with E-state index in [0.29, 0.717) is 0 Å². The first-order valence-corrected chi connectivity index (χ1v) is 6.52. The van der Waals surface area contributed by atoms with Gasteiger partial charge in [0, 0.05) is 22.4 Å². The summed E-state index contributed by atoms with van der Waals surface area (Å²) in [5.74, 6) is 0. The third kappa shape index (κ3) is 17.1. The van der Waals surface area contributed by atoms with Crippen molar-refractivity contribution in [3.8, 4) is 0 Å². The molecule has 0 rings (SSSR count). The SMILES string of the molecule is C=CCCCCCCCCCCCC.[Ag]. The van der Waals surface area contributed by atoms with Crippen molar-refractivity contribution in [2.75, 3.05) is 0 Å². The Morgan fingerprint density at radius 1 is 0.733 bits per heavy atom. The van der Waals surface area contributed by atoms with E-state index in [1.165, 1.54) is 70.6 Å². The van der Waals surface area contributed by atoms with Crippen LogP contribution in [0.3, 0.4) is 0 Å². The molecule has 95 valence electrons. The predicted octanol–water partition coefficient (Wildman–Crippen LogP) is 5.48. The van der Waals surface area contributed by atoms with Gasteiger partial charge in [-0.05, 0) is 12.8 Å². The van der Waals surface area contributed by atoms with E-state index in [1.54, 1.807) is 0 Å². The molecule has 0 aliphatic carbocycles. The first-order chi connectivity index (χ1) is 6.91. The van der Waals surface area contributed by atoms with E-state index < -0.39 is 0 Å². The first-order valence-electron chi connectivity index (χ1n) is 6.52. The first kappa shape index (κ1) is 17.9. The number of unbranched alkanes of at least 4 members (excludes halogenated alkanes) is 10. The van der Waals surface area contributed by atoms with Gasteiger partial charge >= 0.3 is 0 Å². The molecule has 0 spiro atoms. The van der Waals surface area contributed by atoms with Crippen molar-refractivity contribution in [2.45, 2.75) is 77.6 Å². The Morgan fingerprint density at radius 2 is 1.13 bits per heavy atom. The van der Waals surface area contributed by atoms with Crippen molar-refractivity contribution < 1.29 is 22.4 Å². The molecule has 0 saturated heterocycles. The molecule has 0 aromatic carbocycles. The summed E-state index contributed by atoms with van der Waals surface area (Å²) in [6.45, 7) is 6.01. The molecular weight excluding hydrogens is 276 g/mol. The van der Waals surface area contributed by atoms with Crippen LogP contribution in [0, 0.1) is 0 Å². The van der Waals surface area contributed by atoms with Crippen molar-refractivity contribution in [1.82, 2.24) is 0 Å². The number of hydrogen-bond donors (Lipinski definition) is 0. The molecule has 0 unspecified atom stereocenters. The van der Waals surface area contributed by atoms with Gasteiger partial charge in [-0.2, -0.15) is 0 Å². The molecule has 0 nitrogen and oxygen atoms in total. The topological polar surface area (TPSA) is 0 Å². The molecule has 0 aromatic heterocycles. The van der Waals surface area contributed by atoms with E-state index >= 15 is 0 Å². The van der Waals surface area contributed by atoms with Crippen LogP contribution < -0.4 is 0 Å². The zero-order valence-corrected chi connectivity index (χ0v) is 11.8. The average molecular weight is 304 g/mol. The second kappa shape index (κ2) is 16.9. The van der Waals surface area contributed by atoms with Crippen molar-refractivity contribution >= 4 is 0 Å². The summed E-state index contributed by atoms with van der Waals surface area (Å²) in [6, 6.07) is 0. The van der Waals surface area contributed by atoms with E-state index in [4.69, 9.17) is 0 Å². The molecule has 0 aliphatic heterocycles. The van der Waals surface area contributed by atoms with Crippen LogP contribution in [0.4, 0.5) is 0 Å². The molecule has 0 fully saturated rings. The van der Waals surface area contributed by atoms with Gasteiger partial charge in [-0.15, -0.1) is 6.58 Å². The minimum Gasteiger partial charge on any atom is -0.103 e. The van der Waals surface area contributed by atoms with E-state index in [-0.39, 0.29) is 22.4 Å². The quantitative estimate of drug-likeness (QED) is 0.269. The van der Waals surface area contributed by atoms with Gasteiger partial charge in [0.25, 0.3) is 0 Å². The number of hydrogen-bond acceptors (Lipinski definition) is 0. The van der Waals surface area contributed by atoms with Gasteiger partial charge < -0.3 is 0 Å². The van der Waals surface area contributed by atoms with Crippen molar-refractivity contribution in [3.05, 3.63) is 12.7 Å². The summed E-state index contributed by atoms with van der Waals surface area (Å²) in [4.78, 5) is 0. The fraction of sp³-hybridized carbons (Fsp3) is 0.857. The fourth-order valence-corrected chi connectivity index (χ4v) is 1.78. The Balaban J connectivity index is 0. The molecule has 0 heterocycles. The summed E-state index contributed by atoms with van der Waals surface area (Å²) in [5, 5.41) is 0. The van der Waals surface area contributed by atoms with Gasteiger partial charge in [-0.25, -0.2) is 0 Å². The third-order valence-corrected chi connectivity index (χ3v) is 2.76. The van der Waals surface area contributed by atoms with E-state index in [1.807, 2.05) is 6.08 Å². The fourth-order valence-electron chi connectivity index (χ4n) is 1.78. The normalized spacial score (nSPS) is 9.67. The molecule has 0 aliphatic rings. The van der Waals surface area contributed by atoms with Crippen molar-refractivity contribution in [3.63, 3.8) is 0 Å². The van der Waals surface area contributed by atoms with Crippen LogP contribution >= 0.6 is 0 Å².